The first-order valence-corrected chi connectivity index (χ1v) is 7.95. The SMILES string of the molecule is COc1ccccc1/C=C/C(=O)OCC(=O)NCc1ccc(Cl)cc1. The number of amides is 1. The Bertz CT molecular complexity index is 756. The van der Waals surface area contributed by atoms with E-state index in [2.05, 4.69) is 5.32 Å². The van der Waals surface area contributed by atoms with Gasteiger partial charge in [-0.05, 0) is 29.8 Å². The molecule has 2 aromatic rings. The lowest BCUT2D eigenvalue weighted by Crippen LogP contribution is -2.28. The number of rotatable bonds is 7. The van der Waals surface area contributed by atoms with Crippen molar-refractivity contribution in [3.05, 3.63) is 70.8 Å². The highest BCUT2D eigenvalue weighted by Crippen LogP contribution is 2.18. The number of hydrogen-bond acceptors (Lipinski definition) is 4. The number of hydrogen-bond donors (Lipinski definition) is 1. The summed E-state index contributed by atoms with van der Waals surface area (Å²) in [5, 5.41) is 3.29. The topological polar surface area (TPSA) is 64.6 Å². The van der Waals surface area contributed by atoms with Crippen molar-refractivity contribution >= 4 is 29.6 Å². The minimum Gasteiger partial charge on any atom is -0.496 e. The number of methoxy groups -OCH3 is 1. The summed E-state index contributed by atoms with van der Waals surface area (Å²) >= 11 is 5.79. The average molecular weight is 360 g/mol. The van der Waals surface area contributed by atoms with Crippen LogP contribution in [0.1, 0.15) is 11.1 Å². The molecule has 0 bridgehead atoms. The van der Waals surface area contributed by atoms with Crippen molar-refractivity contribution < 1.29 is 19.1 Å². The molecular weight excluding hydrogens is 342 g/mol. The van der Waals surface area contributed by atoms with E-state index in [1.807, 2.05) is 24.3 Å². The van der Waals surface area contributed by atoms with Crippen LogP contribution in [0.3, 0.4) is 0 Å². The molecule has 0 aromatic heterocycles. The third-order valence-corrected chi connectivity index (χ3v) is 3.54. The minimum absolute atomic E-state index is 0.338. The Hall–Kier alpha value is -2.79. The predicted molar refractivity (Wildman–Crippen MR) is 96.3 cm³/mol. The van der Waals surface area contributed by atoms with Crippen LogP contribution >= 0.6 is 11.6 Å². The Morgan fingerprint density at radius 3 is 2.56 bits per heavy atom. The van der Waals surface area contributed by atoms with Gasteiger partial charge >= 0.3 is 5.97 Å². The second kappa shape index (κ2) is 9.49. The Labute approximate surface area is 151 Å². The maximum absolute atomic E-state index is 11.7. The summed E-state index contributed by atoms with van der Waals surface area (Å²) in [6, 6.07) is 14.4. The second-order valence-corrected chi connectivity index (χ2v) is 5.52. The standard InChI is InChI=1S/C19H18ClNO4/c1-24-17-5-3-2-4-15(17)8-11-19(23)25-13-18(22)21-12-14-6-9-16(20)10-7-14/h2-11H,12-13H2,1H3,(H,21,22)/b11-8+. The van der Waals surface area contributed by atoms with Crippen LogP contribution in [0.5, 0.6) is 5.75 Å². The van der Waals surface area contributed by atoms with Gasteiger partial charge in [0.2, 0.25) is 0 Å². The summed E-state index contributed by atoms with van der Waals surface area (Å²) in [5.41, 5.74) is 1.65. The van der Waals surface area contributed by atoms with Crippen molar-refractivity contribution in [1.29, 1.82) is 0 Å². The number of carbonyl (C=O) groups is 2. The average Bonchev–Trinajstić information content (AvgIpc) is 2.64. The molecule has 2 aromatic carbocycles. The molecule has 1 amide bonds. The van der Waals surface area contributed by atoms with E-state index < -0.39 is 5.97 Å². The van der Waals surface area contributed by atoms with Gasteiger partial charge in [0.25, 0.3) is 5.91 Å². The number of halogens is 1. The molecule has 0 aliphatic heterocycles. The lowest BCUT2D eigenvalue weighted by Gasteiger charge is -2.06. The molecule has 0 saturated carbocycles. The molecule has 0 unspecified atom stereocenters. The molecule has 0 saturated heterocycles. The van der Waals surface area contributed by atoms with E-state index in [-0.39, 0.29) is 12.5 Å². The zero-order valence-corrected chi connectivity index (χ0v) is 14.5. The van der Waals surface area contributed by atoms with Crippen molar-refractivity contribution in [1.82, 2.24) is 5.32 Å². The van der Waals surface area contributed by atoms with Gasteiger partial charge in [-0.2, -0.15) is 0 Å². The zero-order chi connectivity index (χ0) is 18.1. The van der Waals surface area contributed by atoms with Gasteiger partial charge in [0, 0.05) is 23.2 Å². The van der Waals surface area contributed by atoms with Gasteiger partial charge in [-0.1, -0.05) is 41.9 Å². The maximum atomic E-state index is 11.7. The summed E-state index contributed by atoms with van der Waals surface area (Å²) in [7, 11) is 1.55. The smallest absolute Gasteiger partial charge is 0.331 e. The fourth-order valence-corrected chi connectivity index (χ4v) is 2.13. The second-order valence-electron chi connectivity index (χ2n) is 5.09. The third kappa shape index (κ3) is 6.31. The molecule has 0 radical (unpaired) electrons. The molecule has 5 nitrogen and oxygen atoms in total. The molecule has 0 heterocycles. The largest absolute Gasteiger partial charge is 0.496 e. The van der Waals surface area contributed by atoms with E-state index >= 15 is 0 Å². The number of ether oxygens (including phenoxy) is 2. The minimum atomic E-state index is -0.604. The van der Waals surface area contributed by atoms with E-state index in [9.17, 15) is 9.59 Å². The number of carbonyl (C=O) groups excluding carboxylic acids is 2. The first kappa shape index (κ1) is 18.5. The highest BCUT2D eigenvalue weighted by Gasteiger charge is 2.05. The molecule has 0 aliphatic carbocycles. The van der Waals surface area contributed by atoms with Gasteiger partial charge in [-0.3, -0.25) is 4.79 Å². The summed E-state index contributed by atoms with van der Waals surface area (Å²) in [4.78, 5) is 23.4. The van der Waals surface area contributed by atoms with Gasteiger partial charge < -0.3 is 14.8 Å². The van der Waals surface area contributed by atoms with Gasteiger partial charge in [-0.25, -0.2) is 4.79 Å². The number of para-hydroxylation sites is 1. The first-order valence-electron chi connectivity index (χ1n) is 7.57. The molecule has 0 spiro atoms. The van der Waals surface area contributed by atoms with Crippen LogP contribution in [0.25, 0.3) is 6.08 Å². The predicted octanol–water partition coefficient (Wildman–Crippen LogP) is 3.22. The van der Waals surface area contributed by atoms with Crippen LogP contribution in [0.2, 0.25) is 5.02 Å². The van der Waals surface area contributed by atoms with Gasteiger partial charge in [-0.15, -0.1) is 0 Å². The molecule has 1 N–H and O–H groups in total. The van der Waals surface area contributed by atoms with E-state index in [0.717, 1.165) is 11.1 Å². The normalized spacial score (nSPS) is 10.5. The summed E-state index contributed by atoms with van der Waals surface area (Å²) in [6.45, 7) is -0.00665. The number of esters is 1. The lowest BCUT2D eigenvalue weighted by atomic mass is 10.2. The Kier molecular flexibility index (Phi) is 7.04. The summed E-state index contributed by atoms with van der Waals surface area (Å²) in [6.07, 6.45) is 2.83. The summed E-state index contributed by atoms with van der Waals surface area (Å²) in [5.74, 6) is -0.339. The molecule has 25 heavy (non-hydrogen) atoms. The third-order valence-electron chi connectivity index (χ3n) is 3.29. The lowest BCUT2D eigenvalue weighted by molar-refractivity contribution is -0.143. The van der Waals surface area contributed by atoms with Crippen LogP contribution in [-0.2, 0) is 20.9 Å². The molecule has 0 fully saturated rings. The van der Waals surface area contributed by atoms with Crippen LogP contribution < -0.4 is 10.1 Å². The Balaban J connectivity index is 1.76. The molecule has 6 heteroatoms. The maximum Gasteiger partial charge on any atom is 0.331 e. The monoisotopic (exact) mass is 359 g/mol. The van der Waals surface area contributed by atoms with E-state index in [1.54, 1.807) is 37.5 Å². The molecule has 0 aliphatic rings. The Morgan fingerprint density at radius 2 is 1.84 bits per heavy atom. The summed E-state index contributed by atoms with van der Waals surface area (Å²) < 4.78 is 10.1. The number of benzene rings is 2. The highest BCUT2D eigenvalue weighted by molar-refractivity contribution is 6.30. The van der Waals surface area contributed by atoms with Crippen molar-refractivity contribution in [3.8, 4) is 5.75 Å². The fraction of sp³-hybridized carbons (Fsp3) is 0.158. The Morgan fingerprint density at radius 1 is 1.12 bits per heavy atom. The van der Waals surface area contributed by atoms with Crippen molar-refractivity contribution in [2.75, 3.05) is 13.7 Å². The van der Waals surface area contributed by atoms with E-state index in [0.29, 0.717) is 17.3 Å². The number of nitrogens with one attached hydrogen (secondary N) is 1. The van der Waals surface area contributed by atoms with Gasteiger partial charge in [0.1, 0.15) is 5.75 Å². The first-order chi connectivity index (χ1) is 12.1. The van der Waals surface area contributed by atoms with Gasteiger partial charge in [0.15, 0.2) is 6.61 Å². The van der Waals surface area contributed by atoms with E-state index in [4.69, 9.17) is 21.1 Å². The van der Waals surface area contributed by atoms with Crippen LogP contribution in [0.15, 0.2) is 54.6 Å². The molecule has 0 atom stereocenters. The molecule has 2 rings (SSSR count). The zero-order valence-electron chi connectivity index (χ0n) is 13.7. The van der Waals surface area contributed by atoms with Crippen molar-refractivity contribution in [2.24, 2.45) is 0 Å². The molecular formula is C19H18ClNO4. The quantitative estimate of drug-likeness (QED) is 0.609. The highest BCUT2D eigenvalue weighted by atomic mass is 35.5. The van der Waals surface area contributed by atoms with E-state index in [1.165, 1.54) is 6.08 Å². The fourth-order valence-electron chi connectivity index (χ4n) is 2.00. The molecule has 130 valence electrons. The van der Waals surface area contributed by atoms with Crippen LogP contribution in [-0.4, -0.2) is 25.6 Å². The van der Waals surface area contributed by atoms with Crippen LogP contribution in [0.4, 0.5) is 0 Å². The van der Waals surface area contributed by atoms with Gasteiger partial charge in [0.05, 0.1) is 7.11 Å². The van der Waals surface area contributed by atoms with Crippen LogP contribution in [0, 0.1) is 0 Å². The van der Waals surface area contributed by atoms with Crippen molar-refractivity contribution in [3.63, 3.8) is 0 Å². The van der Waals surface area contributed by atoms with Crippen molar-refractivity contribution in [2.45, 2.75) is 6.54 Å².